The molecule has 1 aliphatic heterocycles. The summed E-state index contributed by atoms with van der Waals surface area (Å²) in [5.74, 6) is 0.608. The van der Waals surface area contributed by atoms with E-state index in [-0.39, 0.29) is 0 Å². The molecule has 2 nitrogen and oxygen atoms in total. The van der Waals surface area contributed by atoms with Gasteiger partial charge in [0.1, 0.15) is 0 Å². The van der Waals surface area contributed by atoms with E-state index in [1.165, 1.54) is 12.0 Å². The summed E-state index contributed by atoms with van der Waals surface area (Å²) in [5, 5.41) is 3.98. The Morgan fingerprint density at radius 2 is 2.12 bits per heavy atom. The number of benzene rings is 1. The second kappa shape index (κ2) is 4.67. The van der Waals surface area contributed by atoms with Crippen molar-refractivity contribution in [1.29, 1.82) is 0 Å². The van der Waals surface area contributed by atoms with Gasteiger partial charge in [-0.1, -0.05) is 23.7 Å². The average molecular weight is 265 g/mol. The standard InChI is InChI=1S/C13H13ClN2S/c14-12-3-1-10(2-4-12)11-5-7-16(9-11)13-15-6-8-17-13/h1-4,6,8,11H,5,7,9H2. The molecular formula is C13H13ClN2S. The van der Waals surface area contributed by atoms with Crippen molar-refractivity contribution in [3.05, 3.63) is 46.4 Å². The molecular weight excluding hydrogens is 252 g/mol. The van der Waals surface area contributed by atoms with Crippen LogP contribution in [0.1, 0.15) is 17.9 Å². The minimum absolute atomic E-state index is 0.608. The Hall–Kier alpha value is -1.06. The third-order valence-corrected chi connectivity index (χ3v) is 4.30. The Bertz CT molecular complexity index is 481. The highest BCUT2D eigenvalue weighted by molar-refractivity contribution is 7.13. The molecule has 3 rings (SSSR count). The highest BCUT2D eigenvalue weighted by Gasteiger charge is 2.25. The fourth-order valence-corrected chi connectivity index (χ4v) is 3.12. The van der Waals surface area contributed by atoms with E-state index < -0.39 is 0 Å². The topological polar surface area (TPSA) is 16.1 Å². The average Bonchev–Trinajstić information content (AvgIpc) is 3.00. The molecule has 1 saturated heterocycles. The van der Waals surface area contributed by atoms with Crippen molar-refractivity contribution in [1.82, 2.24) is 4.98 Å². The van der Waals surface area contributed by atoms with E-state index in [1.54, 1.807) is 11.3 Å². The van der Waals surface area contributed by atoms with Crippen LogP contribution in [-0.2, 0) is 0 Å². The van der Waals surface area contributed by atoms with Crippen molar-refractivity contribution < 1.29 is 0 Å². The second-order valence-corrected chi connectivity index (χ2v) is 5.61. The first-order chi connectivity index (χ1) is 8.33. The lowest BCUT2D eigenvalue weighted by Gasteiger charge is -2.15. The molecule has 2 heterocycles. The molecule has 4 heteroatoms. The monoisotopic (exact) mass is 264 g/mol. The summed E-state index contributed by atoms with van der Waals surface area (Å²) in [6.45, 7) is 2.16. The van der Waals surface area contributed by atoms with Crippen LogP contribution in [0.5, 0.6) is 0 Å². The highest BCUT2D eigenvalue weighted by atomic mass is 35.5. The van der Waals surface area contributed by atoms with Crippen molar-refractivity contribution in [2.45, 2.75) is 12.3 Å². The van der Waals surface area contributed by atoms with E-state index >= 15 is 0 Å². The maximum Gasteiger partial charge on any atom is 0.185 e. The highest BCUT2D eigenvalue weighted by Crippen LogP contribution is 2.31. The molecule has 0 bridgehead atoms. The van der Waals surface area contributed by atoms with E-state index in [2.05, 4.69) is 22.0 Å². The number of halogens is 1. The Labute approximate surface area is 110 Å². The molecule has 0 saturated carbocycles. The molecule has 0 aliphatic carbocycles. The van der Waals surface area contributed by atoms with E-state index in [9.17, 15) is 0 Å². The van der Waals surface area contributed by atoms with Gasteiger partial charge in [0.2, 0.25) is 0 Å². The maximum atomic E-state index is 5.91. The molecule has 0 amide bonds. The third-order valence-electron chi connectivity index (χ3n) is 3.22. The number of hydrogen-bond donors (Lipinski definition) is 0. The molecule has 1 aliphatic rings. The molecule has 1 unspecified atom stereocenters. The van der Waals surface area contributed by atoms with Crippen LogP contribution in [0.15, 0.2) is 35.8 Å². The van der Waals surface area contributed by atoms with E-state index in [0.717, 1.165) is 23.2 Å². The van der Waals surface area contributed by atoms with Crippen LogP contribution in [0.2, 0.25) is 5.02 Å². The summed E-state index contributed by atoms with van der Waals surface area (Å²) in [7, 11) is 0. The van der Waals surface area contributed by atoms with Crippen LogP contribution >= 0.6 is 22.9 Å². The second-order valence-electron chi connectivity index (χ2n) is 4.30. The molecule has 88 valence electrons. The molecule has 0 spiro atoms. The fraction of sp³-hybridized carbons (Fsp3) is 0.308. The van der Waals surface area contributed by atoms with Crippen LogP contribution < -0.4 is 4.90 Å². The van der Waals surface area contributed by atoms with Crippen LogP contribution in [0.3, 0.4) is 0 Å². The van der Waals surface area contributed by atoms with Crippen LogP contribution in [0, 0.1) is 0 Å². The van der Waals surface area contributed by atoms with Crippen LogP contribution in [0.25, 0.3) is 0 Å². The van der Waals surface area contributed by atoms with Gasteiger partial charge in [-0.3, -0.25) is 0 Å². The van der Waals surface area contributed by atoms with Gasteiger partial charge in [-0.15, -0.1) is 11.3 Å². The number of rotatable bonds is 2. The Morgan fingerprint density at radius 3 is 2.82 bits per heavy atom. The Morgan fingerprint density at radius 1 is 1.29 bits per heavy atom. The predicted octanol–water partition coefficient (Wildman–Crippen LogP) is 3.79. The summed E-state index contributed by atoms with van der Waals surface area (Å²) in [6.07, 6.45) is 3.07. The summed E-state index contributed by atoms with van der Waals surface area (Å²) < 4.78 is 0. The van der Waals surface area contributed by atoms with Gasteiger partial charge in [-0.25, -0.2) is 4.98 Å². The SMILES string of the molecule is Clc1ccc(C2CCN(c3nccs3)C2)cc1. The summed E-state index contributed by atoms with van der Waals surface area (Å²) in [6, 6.07) is 8.22. The zero-order chi connectivity index (χ0) is 11.7. The molecule has 1 aromatic heterocycles. The largest absolute Gasteiger partial charge is 0.347 e. The normalized spacial score (nSPS) is 19.8. The van der Waals surface area contributed by atoms with Crippen LogP contribution in [0.4, 0.5) is 5.13 Å². The number of anilines is 1. The Kier molecular flexibility index (Phi) is 3.04. The number of nitrogens with zero attached hydrogens (tertiary/aromatic N) is 2. The van der Waals surface area contributed by atoms with Crippen molar-refractivity contribution in [3.63, 3.8) is 0 Å². The van der Waals surface area contributed by atoms with Crippen molar-refractivity contribution >= 4 is 28.1 Å². The summed E-state index contributed by atoms with van der Waals surface area (Å²) in [5.41, 5.74) is 1.38. The van der Waals surface area contributed by atoms with Gasteiger partial charge < -0.3 is 4.90 Å². The number of aromatic nitrogens is 1. The van der Waals surface area contributed by atoms with E-state index in [4.69, 9.17) is 11.6 Å². The lowest BCUT2D eigenvalue weighted by atomic mass is 9.99. The lowest BCUT2D eigenvalue weighted by Crippen LogP contribution is -2.18. The van der Waals surface area contributed by atoms with Crippen LogP contribution in [-0.4, -0.2) is 18.1 Å². The zero-order valence-corrected chi connectivity index (χ0v) is 10.9. The lowest BCUT2D eigenvalue weighted by molar-refractivity contribution is 0.775. The zero-order valence-electron chi connectivity index (χ0n) is 9.34. The minimum atomic E-state index is 0.608. The quantitative estimate of drug-likeness (QED) is 0.820. The first kappa shape index (κ1) is 11.1. The molecule has 0 N–H and O–H groups in total. The summed E-state index contributed by atoms with van der Waals surface area (Å²) in [4.78, 5) is 6.73. The first-order valence-corrected chi connectivity index (χ1v) is 6.98. The van der Waals surface area contributed by atoms with Gasteiger partial charge in [0, 0.05) is 35.6 Å². The smallest absolute Gasteiger partial charge is 0.185 e. The molecule has 1 aromatic carbocycles. The van der Waals surface area contributed by atoms with Gasteiger partial charge >= 0.3 is 0 Å². The molecule has 2 aromatic rings. The van der Waals surface area contributed by atoms with E-state index in [1.807, 2.05) is 23.7 Å². The van der Waals surface area contributed by atoms with Crippen molar-refractivity contribution in [3.8, 4) is 0 Å². The third kappa shape index (κ3) is 2.31. The van der Waals surface area contributed by atoms with Gasteiger partial charge in [-0.2, -0.15) is 0 Å². The van der Waals surface area contributed by atoms with Crippen molar-refractivity contribution in [2.75, 3.05) is 18.0 Å². The molecule has 0 radical (unpaired) electrons. The van der Waals surface area contributed by atoms with Crippen molar-refractivity contribution in [2.24, 2.45) is 0 Å². The van der Waals surface area contributed by atoms with Gasteiger partial charge in [0.15, 0.2) is 5.13 Å². The van der Waals surface area contributed by atoms with Gasteiger partial charge in [0.25, 0.3) is 0 Å². The van der Waals surface area contributed by atoms with Gasteiger partial charge in [0.05, 0.1) is 0 Å². The fourth-order valence-electron chi connectivity index (χ4n) is 2.31. The number of thiazole rings is 1. The number of hydrogen-bond acceptors (Lipinski definition) is 3. The molecule has 1 atom stereocenters. The maximum absolute atomic E-state index is 5.91. The predicted molar refractivity (Wildman–Crippen MR) is 73.1 cm³/mol. The minimum Gasteiger partial charge on any atom is -0.347 e. The van der Waals surface area contributed by atoms with E-state index in [0.29, 0.717) is 5.92 Å². The molecule has 17 heavy (non-hydrogen) atoms. The summed E-state index contributed by atoms with van der Waals surface area (Å²) >= 11 is 7.62. The van der Waals surface area contributed by atoms with Gasteiger partial charge in [-0.05, 0) is 24.1 Å². The first-order valence-electron chi connectivity index (χ1n) is 5.73. The Balaban J connectivity index is 1.74. The molecule has 1 fully saturated rings.